The fraction of sp³-hybridized carbons (Fsp3) is 0.435. The van der Waals surface area contributed by atoms with E-state index < -0.39 is 16.0 Å². The highest BCUT2D eigenvalue weighted by atomic mass is 32.2. The van der Waals surface area contributed by atoms with Gasteiger partial charge in [0.05, 0.1) is 29.1 Å². The number of hydrogen-bond acceptors (Lipinski definition) is 8. The number of morpholine rings is 1. The highest BCUT2D eigenvalue weighted by Crippen LogP contribution is 2.24. The molecule has 182 valence electrons. The van der Waals surface area contributed by atoms with Gasteiger partial charge in [-0.2, -0.15) is 0 Å². The summed E-state index contributed by atoms with van der Waals surface area (Å²) >= 11 is 0. The molecule has 1 saturated heterocycles. The Balaban J connectivity index is 1.60. The molecule has 0 atom stereocenters. The van der Waals surface area contributed by atoms with E-state index in [1.165, 1.54) is 18.4 Å². The van der Waals surface area contributed by atoms with Gasteiger partial charge in [0.25, 0.3) is 0 Å². The molecule has 0 aliphatic carbocycles. The lowest BCUT2D eigenvalue weighted by Gasteiger charge is -2.28. The number of hydrogen-bond donors (Lipinski definition) is 0. The summed E-state index contributed by atoms with van der Waals surface area (Å²) in [6.45, 7) is 5.13. The van der Waals surface area contributed by atoms with Crippen LogP contribution in [0.25, 0.3) is 11.0 Å². The predicted molar refractivity (Wildman–Crippen MR) is 127 cm³/mol. The zero-order valence-corrected chi connectivity index (χ0v) is 20.4. The molecule has 34 heavy (non-hydrogen) atoms. The normalized spacial score (nSPS) is 14.6. The average molecular weight is 488 g/mol. The van der Waals surface area contributed by atoms with Gasteiger partial charge in [0.1, 0.15) is 23.8 Å². The lowest BCUT2D eigenvalue weighted by Crippen LogP contribution is -2.37. The molecule has 4 rings (SSSR count). The molecule has 0 spiro atoms. The lowest BCUT2D eigenvalue weighted by molar-refractivity contribution is 0.0458. The third-order valence-corrected chi connectivity index (χ3v) is 7.49. The lowest BCUT2D eigenvalue weighted by atomic mass is 10.2. The molecule has 0 unspecified atom stereocenters. The van der Waals surface area contributed by atoms with Gasteiger partial charge in [0.15, 0.2) is 0 Å². The Kier molecular flexibility index (Phi) is 7.15. The molecule has 1 fully saturated rings. The van der Waals surface area contributed by atoms with Crippen LogP contribution in [-0.2, 0) is 32.6 Å². The van der Waals surface area contributed by atoms with Gasteiger partial charge in [0, 0.05) is 39.9 Å². The van der Waals surface area contributed by atoms with Crippen molar-refractivity contribution < 1.29 is 22.7 Å². The summed E-state index contributed by atoms with van der Waals surface area (Å²) in [5.41, 5.74) is 1.72. The first-order valence-electron chi connectivity index (χ1n) is 11.2. The Hall–Kier alpha value is -3.02. The van der Waals surface area contributed by atoms with Gasteiger partial charge in [-0.25, -0.2) is 27.5 Å². The Morgan fingerprint density at radius 1 is 1.21 bits per heavy atom. The molecule has 0 saturated carbocycles. The maximum atomic E-state index is 13.0. The van der Waals surface area contributed by atoms with Crippen molar-refractivity contribution in [1.29, 1.82) is 0 Å². The van der Waals surface area contributed by atoms with E-state index in [0.29, 0.717) is 55.6 Å². The molecule has 1 aliphatic heterocycles. The van der Waals surface area contributed by atoms with Crippen molar-refractivity contribution in [2.75, 3.05) is 45.3 Å². The minimum Gasteiger partial charge on any atom is -0.454 e. The van der Waals surface area contributed by atoms with Crippen LogP contribution < -0.4 is 4.90 Å². The van der Waals surface area contributed by atoms with Gasteiger partial charge >= 0.3 is 5.97 Å². The maximum absolute atomic E-state index is 13.0. The van der Waals surface area contributed by atoms with Crippen LogP contribution in [0, 0.1) is 0 Å². The number of carbonyl (C=O) groups excluding carboxylic acids is 1. The van der Waals surface area contributed by atoms with Crippen LogP contribution in [0.1, 0.15) is 29.5 Å². The summed E-state index contributed by atoms with van der Waals surface area (Å²) in [4.78, 5) is 24.2. The van der Waals surface area contributed by atoms with Crippen molar-refractivity contribution >= 4 is 32.8 Å². The number of benzene rings is 1. The zero-order valence-electron chi connectivity index (χ0n) is 19.6. The molecular weight excluding hydrogens is 458 g/mol. The molecule has 3 aromatic rings. The van der Waals surface area contributed by atoms with Crippen molar-refractivity contribution in [2.24, 2.45) is 0 Å². The Bertz CT molecular complexity index is 1280. The van der Waals surface area contributed by atoms with Crippen molar-refractivity contribution in [3.05, 3.63) is 47.9 Å². The fourth-order valence-electron chi connectivity index (χ4n) is 3.91. The summed E-state index contributed by atoms with van der Waals surface area (Å²) in [5.74, 6) is 0.651. The predicted octanol–water partition coefficient (Wildman–Crippen LogP) is 2.29. The van der Waals surface area contributed by atoms with Gasteiger partial charge < -0.3 is 18.9 Å². The highest BCUT2D eigenvalue weighted by molar-refractivity contribution is 7.89. The molecule has 0 radical (unpaired) electrons. The number of nitrogens with zero attached hydrogens (tertiary/aromatic N) is 5. The number of pyridine rings is 1. The summed E-state index contributed by atoms with van der Waals surface area (Å²) < 4.78 is 39.2. The minimum absolute atomic E-state index is 0.0409. The number of rotatable bonds is 8. The van der Waals surface area contributed by atoms with Crippen molar-refractivity contribution in [2.45, 2.75) is 31.4 Å². The Morgan fingerprint density at radius 3 is 2.68 bits per heavy atom. The van der Waals surface area contributed by atoms with Crippen LogP contribution >= 0.6 is 0 Å². The number of aromatic nitrogens is 3. The molecule has 0 N–H and O–H groups in total. The van der Waals surface area contributed by atoms with Gasteiger partial charge in [-0.3, -0.25) is 0 Å². The van der Waals surface area contributed by atoms with Crippen LogP contribution in [0.15, 0.2) is 41.4 Å². The van der Waals surface area contributed by atoms with Crippen LogP contribution in [0.4, 0.5) is 5.82 Å². The molecule has 1 aliphatic rings. The van der Waals surface area contributed by atoms with Gasteiger partial charge in [-0.1, -0.05) is 6.92 Å². The second-order valence-corrected chi connectivity index (χ2v) is 10.3. The van der Waals surface area contributed by atoms with E-state index >= 15 is 0 Å². The van der Waals surface area contributed by atoms with Gasteiger partial charge in [-0.05, 0) is 36.8 Å². The molecule has 2 aromatic heterocycles. The Morgan fingerprint density at radius 2 is 1.97 bits per heavy atom. The van der Waals surface area contributed by atoms with E-state index in [1.807, 2.05) is 16.4 Å². The quantitative estimate of drug-likeness (QED) is 0.446. The third kappa shape index (κ3) is 4.77. The summed E-state index contributed by atoms with van der Waals surface area (Å²) in [7, 11) is -0.604. The van der Waals surface area contributed by atoms with Gasteiger partial charge in [0.2, 0.25) is 10.0 Å². The first-order valence-corrected chi connectivity index (χ1v) is 12.6. The highest BCUT2D eigenvalue weighted by Gasteiger charge is 2.23. The second kappa shape index (κ2) is 10.1. The first kappa shape index (κ1) is 24.1. The molecule has 3 heterocycles. The van der Waals surface area contributed by atoms with E-state index in [-0.39, 0.29) is 11.5 Å². The second-order valence-electron chi connectivity index (χ2n) is 8.17. The maximum Gasteiger partial charge on any atom is 0.342 e. The van der Waals surface area contributed by atoms with E-state index in [0.717, 1.165) is 11.9 Å². The van der Waals surface area contributed by atoms with Crippen LogP contribution in [-0.4, -0.2) is 73.6 Å². The van der Waals surface area contributed by atoms with E-state index in [4.69, 9.17) is 9.47 Å². The van der Waals surface area contributed by atoms with E-state index in [1.54, 1.807) is 36.5 Å². The van der Waals surface area contributed by atoms with Gasteiger partial charge in [-0.15, -0.1) is 0 Å². The molecular formula is C23H29N5O5S. The van der Waals surface area contributed by atoms with Crippen molar-refractivity contribution in [3.63, 3.8) is 0 Å². The fourth-order valence-corrected chi connectivity index (χ4v) is 4.83. The third-order valence-electron chi connectivity index (χ3n) is 5.67. The van der Waals surface area contributed by atoms with E-state index in [2.05, 4.69) is 9.97 Å². The van der Waals surface area contributed by atoms with Crippen molar-refractivity contribution in [3.8, 4) is 0 Å². The number of sulfonamides is 1. The van der Waals surface area contributed by atoms with Crippen LogP contribution in [0.3, 0.4) is 0 Å². The number of fused-ring (bicyclic) bond motifs is 1. The number of anilines is 1. The largest absolute Gasteiger partial charge is 0.454 e. The SMILES string of the molecule is CCCn1c(COC(=O)c2cccnc2N2CCOCC2)nc2cc(S(=O)(=O)N(C)C)ccc21. The zero-order chi connectivity index (χ0) is 24.3. The number of aryl methyl sites for hydroxylation is 1. The minimum atomic E-state index is -3.58. The molecule has 1 aromatic carbocycles. The number of ether oxygens (including phenoxy) is 2. The summed E-state index contributed by atoms with van der Waals surface area (Å²) in [5, 5.41) is 0. The number of esters is 1. The monoisotopic (exact) mass is 487 g/mol. The number of carbonyl (C=O) groups is 1. The summed E-state index contributed by atoms with van der Waals surface area (Å²) in [6.07, 6.45) is 2.50. The summed E-state index contributed by atoms with van der Waals surface area (Å²) in [6, 6.07) is 8.29. The van der Waals surface area contributed by atoms with Crippen molar-refractivity contribution in [1.82, 2.24) is 18.8 Å². The molecule has 0 bridgehead atoms. The Labute approximate surface area is 199 Å². The molecule has 10 nitrogen and oxygen atoms in total. The standard InChI is InChI=1S/C23H29N5O5S/c1-4-10-28-20-8-7-17(34(30,31)26(2)3)15-19(20)25-21(28)16-33-23(29)18-6-5-9-24-22(18)27-11-13-32-14-12-27/h5-9,15H,4,10-14,16H2,1-3H3. The van der Waals surface area contributed by atoms with E-state index in [9.17, 15) is 13.2 Å². The smallest absolute Gasteiger partial charge is 0.342 e. The number of imidazole rings is 1. The average Bonchev–Trinajstić information content (AvgIpc) is 3.19. The topological polar surface area (TPSA) is 107 Å². The molecule has 0 amide bonds. The van der Waals surface area contributed by atoms with Crippen LogP contribution in [0.5, 0.6) is 0 Å². The first-order chi connectivity index (χ1) is 16.3. The van der Waals surface area contributed by atoms with Crippen LogP contribution in [0.2, 0.25) is 0 Å². The molecule has 11 heteroatoms.